The average molecular weight is 2140 g/mol. The van der Waals surface area contributed by atoms with E-state index in [1.54, 1.807) is 79.7 Å². The van der Waals surface area contributed by atoms with Crippen LogP contribution < -0.4 is 38.5 Å². The number of benzene rings is 5. The summed E-state index contributed by atoms with van der Waals surface area (Å²) < 4.78 is 110. The molecular weight excluding hydrogens is 2060 g/mol. The zero-order chi connectivity index (χ0) is 89.2. The van der Waals surface area contributed by atoms with E-state index in [2.05, 4.69) is 162 Å². The number of pyridine rings is 3. The monoisotopic (exact) mass is 2130 g/mol. The van der Waals surface area contributed by atoms with Crippen LogP contribution in [-0.2, 0) is 14.3 Å². The molecule has 0 saturated carbocycles. The fourth-order valence-electron chi connectivity index (χ4n) is 11.5. The molecule has 0 amide bonds. The fraction of sp³-hybridized carbons (Fsp3) is 0.214. The number of phenolic OH excluding ortho intramolecular Hbond substituents is 1. The molecule has 0 unspecified atom stereocenters. The molecule has 11 heterocycles. The number of carbonyl (C=O) groups excluding carboxylic acids is 5. The molecule has 0 aliphatic carbocycles. The summed E-state index contributed by atoms with van der Waals surface area (Å²) in [5.74, 6) is -6.02. The largest absolute Gasteiger partial charge is 0.507 e. The van der Waals surface area contributed by atoms with Gasteiger partial charge in [0.25, 0.3) is 0 Å². The Kier molecular flexibility index (Phi) is 37.4. The number of nitrogens with two attached hydrogens (primary N) is 1. The topological polar surface area (TPSA) is 331 Å². The van der Waals surface area contributed by atoms with Gasteiger partial charge >= 0.3 is 28.5 Å². The molecule has 4 N–H and O–H groups in total. The maximum Gasteiger partial charge on any atom is 0.347 e. The van der Waals surface area contributed by atoms with E-state index >= 15 is 0 Å². The van der Waals surface area contributed by atoms with Crippen LogP contribution >= 0.6 is 108 Å². The minimum absolute atomic E-state index is 0.00405. The number of alkyl halides is 1. The highest BCUT2D eigenvalue weighted by Crippen LogP contribution is 2.30. The second kappa shape index (κ2) is 46.9. The van der Waals surface area contributed by atoms with E-state index in [1.807, 2.05) is 36.4 Å². The molecule has 16 rings (SSSR count). The molecule has 0 atom stereocenters. The number of hydrogen-bond acceptors (Lipinski definition) is 23. The Morgan fingerprint density at radius 2 is 1.00 bits per heavy atom. The van der Waals surface area contributed by atoms with Crippen molar-refractivity contribution < 1.29 is 77.8 Å². The second-order valence-electron chi connectivity index (χ2n) is 26.5. The van der Waals surface area contributed by atoms with Crippen LogP contribution in [0.1, 0.15) is 71.1 Å². The van der Waals surface area contributed by atoms with Crippen LogP contribution in [0.2, 0.25) is 0 Å². The highest BCUT2D eigenvalue weighted by molar-refractivity contribution is 9.93. The van der Waals surface area contributed by atoms with E-state index in [4.69, 9.17) is 28.5 Å². The summed E-state index contributed by atoms with van der Waals surface area (Å²) in [7, 11) is 4.29. The summed E-state index contributed by atoms with van der Waals surface area (Å²) in [6, 6.07) is 35.0. The number of likely N-dealkylation sites (N-methyl/N-ethyl adjacent to an activating group) is 2. The summed E-state index contributed by atoms with van der Waals surface area (Å²) in [5.41, 5.74) is 6.64. The first-order valence-electron chi connectivity index (χ1n) is 36.4. The number of carbonyl (C=O) groups is 5. The highest BCUT2D eigenvalue weighted by atomic mass is 80.9. The number of anilines is 2. The Morgan fingerprint density at radius 3 is 1.48 bits per heavy atom. The minimum atomic E-state index is -0.824. The van der Waals surface area contributed by atoms with Gasteiger partial charge in [0.15, 0.2) is 52.4 Å². The Hall–Kier alpha value is -10.2. The number of rotatable bonds is 10. The molecular formula is C84H73Br7F6N10O15. The van der Waals surface area contributed by atoms with Crippen molar-refractivity contribution in [2.45, 2.75) is 40.0 Å². The van der Waals surface area contributed by atoms with Gasteiger partial charge in [-0.15, -0.1) is 0 Å². The van der Waals surface area contributed by atoms with Gasteiger partial charge in [-0.05, 0) is 158 Å². The van der Waals surface area contributed by atoms with E-state index in [9.17, 15) is 69.5 Å². The molecule has 38 heteroatoms. The summed E-state index contributed by atoms with van der Waals surface area (Å²) in [4.78, 5) is 119. The Labute approximate surface area is 747 Å². The lowest BCUT2D eigenvalue weighted by Crippen LogP contribution is -2.28. The minimum Gasteiger partial charge on any atom is -0.507 e. The number of fused-ring (bicyclic) bond motifs is 6. The van der Waals surface area contributed by atoms with Crippen molar-refractivity contribution >= 4 is 204 Å². The normalized spacial score (nSPS) is 12.5. The lowest BCUT2D eigenvalue weighted by Gasteiger charge is -2.22. The van der Waals surface area contributed by atoms with Crippen LogP contribution in [0, 0.1) is 34.9 Å². The number of phenols is 1. The van der Waals surface area contributed by atoms with E-state index in [0.29, 0.717) is 52.2 Å². The predicted molar refractivity (Wildman–Crippen MR) is 478 cm³/mol. The molecule has 25 nitrogen and oxygen atoms in total. The van der Waals surface area contributed by atoms with Crippen LogP contribution in [0.25, 0.3) is 77.7 Å². The zero-order valence-corrected chi connectivity index (χ0v) is 76.2. The number of nitrogens with zero attached hydrogens (tertiary/aromatic N) is 8. The SMILES string of the molecule is BrBr.CC(=O)c1cc2ccc(Br)cc2oc1=O.CCOC(=O)CC(C)=O.CN1CCCN(c2ccc3cc(-c4cn5cc(F)cc(F)c5n4)c(=O)oc3c2)CC1.CN1CCCNCC1.Nc1ncc(F)cc1F.O=C(CBr)c1cc2ccc(Br)cc2oc1=O.O=Cc1ccc(Br)cc1O.O=c1oc2cc(Br)ccc2cc1-c1cn2cc(F)cc(F)c2n1. The van der Waals surface area contributed by atoms with Gasteiger partial charge in [-0.3, -0.25) is 24.0 Å². The van der Waals surface area contributed by atoms with E-state index in [0.717, 1.165) is 110 Å². The maximum atomic E-state index is 14.0. The molecule has 0 bridgehead atoms. The van der Waals surface area contributed by atoms with Gasteiger partial charge in [0.1, 0.15) is 68.9 Å². The molecule has 5 aromatic carbocycles. The zero-order valence-electron chi connectivity index (χ0n) is 65.1. The van der Waals surface area contributed by atoms with Gasteiger partial charge in [0.05, 0.1) is 46.2 Å². The number of hydrogen-bond donors (Lipinski definition) is 3. The van der Waals surface area contributed by atoms with E-state index < -0.39 is 63.4 Å². The molecule has 0 spiro atoms. The number of imidazole rings is 2. The third-order valence-electron chi connectivity index (χ3n) is 17.4. The number of aromatic hydroxyl groups is 1. The van der Waals surface area contributed by atoms with Crippen molar-refractivity contribution in [2.24, 2.45) is 0 Å². The smallest absolute Gasteiger partial charge is 0.347 e. The Balaban J connectivity index is 0.000000181. The lowest BCUT2D eigenvalue weighted by atomic mass is 10.1. The summed E-state index contributed by atoms with van der Waals surface area (Å²) >= 11 is 21.5. The van der Waals surface area contributed by atoms with Gasteiger partial charge < -0.3 is 62.1 Å². The molecule has 122 heavy (non-hydrogen) atoms. The number of Topliss-reactive ketones (excluding diaryl/α,β-unsaturated/α-hetero) is 3. The van der Waals surface area contributed by atoms with Crippen LogP contribution in [0.4, 0.5) is 37.8 Å². The first-order valence-corrected chi connectivity index (χ1v) is 44.4. The van der Waals surface area contributed by atoms with Gasteiger partial charge in [-0.1, -0.05) is 97.8 Å². The van der Waals surface area contributed by atoms with Crippen LogP contribution in [-0.4, -0.2) is 147 Å². The third kappa shape index (κ3) is 28.2. The third-order valence-corrected chi connectivity index (χ3v) is 19.9. The van der Waals surface area contributed by atoms with Crippen LogP contribution in [0.3, 0.4) is 0 Å². The standard InChI is InChI=1S/C22H20F2N4O2.C16H7BrF2N2O2.C11H6Br2O3.C11H7BrO3.C7H5BrO2.C6H14N2.C6H10O3.C5H4F2N2.Br2/c1-26-5-2-6-27(8-7-26)16-4-3-14-9-17(22(29)30-20(14)11-16)19-13-28-12-15(23)10-18(24)21(28)25-19;17-9-2-1-8-3-11(16(22)23-14(8)4-9)13-7-21-6-10(18)5-12(19)15(21)20-13;12-5-9(14)8-3-6-1-2-7(13)4-10(6)16-11(8)15;1-6(13)9-4-7-2-3-8(12)5-10(7)15-11(9)14;8-6-2-1-5(4-9)7(10)3-6;1-8-5-2-3-7-4-6-8;1-3-9-6(8)4-5(2)7;6-3-1-4(7)5(8)9-2-3;1-2/h3-4,9-13H,2,5-8H2,1H3;1-7H;1-4H,5H2;2-5H,1H3;1-4,10H;7H,2-6H2,1H3;3-4H2,1-2H3;1-2H,(H2,8,9);. The number of nitrogen functional groups attached to an aromatic ring is 1. The molecule has 2 fully saturated rings. The summed E-state index contributed by atoms with van der Waals surface area (Å²) in [6.45, 7) is 13.5. The molecule has 2 aliphatic heterocycles. The molecule has 9 aromatic heterocycles. The maximum absolute atomic E-state index is 14.0. The number of halogens is 13. The first-order chi connectivity index (χ1) is 58.2. The molecule has 640 valence electrons. The van der Waals surface area contributed by atoms with Crippen molar-refractivity contribution in [2.75, 3.05) is 89.0 Å². The number of aromatic nitrogens is 5. The van der Waals surface area contributed by atoms with Crippen molar-refractivity contribution in [3.63, 3.8) is 0 Å². The molecule has 2 saturated heterocycles. The van der Waals surface area contributed by atoms with Crippen LogP contribution in [0.15, 0.2) is 219 Å². The quantitative estimate of drug-likeness (QED) is 0.0218. The van der Waals surface area contributed by atoms with Gasteiger partial charge in [-0.2, -0.15) is 0 Å². The van der Waals surface area contributed by atoms with Crippen molar-refractivity contribution in [3.05, 3.63) is 276 Å². The second-order valence-corrected chi connectivity index (χ2v) is 30.7. The molecule has 14 aromatic rings. The Morgan fingerprint density at radius 1 is 0.541 bits per heavy atom. The predicted octanol–water partition coefficient (Wildman–Crippen LogP) is 18.6. The first kappa shape index (κ1) is 97.3. The number of nitrogens with one attached hydrogen (secondary N) is 1. The molecule has 0 radical (unpaired) electrons. The Bertz CT molecular complexity index is 6370. The van der Waals surface area contributed by atoms with Crippen molar-refractivity contribution in [1.29, 1.82) is 0 Å². The number of aldehydes is 1. The van der Waals surface area contributed by atoms with Gasteiger partial charge in [0, 0.05) is 155 Å². The number of esters is 1. The number of ether oxygens (including phenoxy) is 1. The lowest BCUT2D eigenvalue weighted by molar-refractivity contribution is -0.145. The average Bonchev–Trinajstić information content (AvgIpc) is 1.57. The van der Waals surface area contributed by atoms with Gasteiger partial charge in [0.2, 0.25) is 0 Å². The van der Waals surface area contributed by atoms with E-state index in [1.165, 1.54) is 67.2 Å². The summed E-state index contributed by atoms with van der Waals surface area (Å²) in [6.07, 6.45) is 8.75. The van der Waals surface area contributed by atoms with Crippen molar-refractivity contribution in [1.82, 2.24) is 38.9 Å². The van der Waals surface area contributed by atoms with Gasteiger partial charge in [-0.25, -0.2) is 60.5 Å². The van der Waals surface area contributed by atoms with Crippen molar-refractivity contribution in [3.8, 4) is 28.3 Å². The van der Waals surface area contributed by atoms with Crippen LogP contribution in [0.5, 0.6) is 5.75 Å². The van der Waals surface area contributed by atoms with E-state index in [-0.39, 0.29) is 85.6 Å². The summed E-state index contributed by atoms with van der Waals surface area (Å²) in [5, 5.41) is 15.4. The highest BCUT2D eigenvalue weighted by Gasteiger charge is 2.21. The molecule has 2 aliphatic rings. The fourth-order valence-corrected chi connectivity index (χ4v) is 13.1. The number of ketones is 3.